The number of benzene rings is 1. The van der Waals surface area contributed by atoms with Crippen LogP contribution in [0.4, 0.5) is 0 Å². The molecule has 1 aromatic rings. The average Bonchev–Trinajstić information content (AvgIpc) is 2.31. The number of ketones is 1. The van der Waals surface area contributed by atoms with E-state index in [9.17, 15) is 9.59 Å². The van der Waals surface area contributed by atoms with Crippen LogP contribution in [-0.2, 0) is 11.2 Å². The van der Waals surface area contributed by atoms with Crippen LogP contribution in [0.3, 0.4) is 0 Å². The van der Waals surface area contributed by atoms with Gasteiger partial charge in [0.1, 0.15) is 0 Å². The fourth-order valence-electron chi connectivity index (χ4n) is 1.02. The van der Waals surface area contributed by atoms with Gasteiger partial charge in [0, 0.05) is 5.56 Å². The fourth-order valence-corrected chi connectivity index (χ4v) is 1.02. The predicted molar refractivity (Wildman–Crippen MR) is 59.1 cm³/mol. The number of carbonyl (C=O) groups excluding carboxylic acids is 1. The van der Waals surface area contributed by atoms with Crippen LogP contribution in [0.1, 0.15) is 36.7 Å². The summed E-state index contributed by atoms with van der Waals surface area (Å²) in [6, 6.07) is 6.59. The van der Waals surface area contributed by atoms with Crippen molar-refractivity contribution in [2.75, 3.05) is 0 Å². The van der Waals surface area contributed by atoms with E-state index in [1.165, 1.54) is 12.1 Å². The Labute approximate surface area is 89.7 Å². The van der Waals surface area contributed by atoms with E-state index < -0.39 is 11.8 Å². The van der Waals surface area contributed by atoms with E-state index in [4.69, 9.17) is 5.11 Å². The molecule has 0 bridgehead atoms. The highest BCUT2D eigenvalue weighted by Gasteiger charge is 2.13. The number of rotatable bonds is 3. The van der Waals surface area contributed by atoms with Gasteiger partial charge in [0.25, 0.3) is 5.78 Å². The summed E-state index contributed by atoms with van der Waals surface area (Å²) in [4.78, 5) is 21.2. The van der Waals surface area contributed by atoms with E-state index in [0.717, 1.165) is 12.0 Å². The molecular weight excluding hydrogens is 192 g/mol. The molecule has 0 unspecified atom stereocenters. The lowest BCUT2D eigenvalue weighted by molar-refractivity contribution is -0.131. The van der Waals surface area contributed by atoms with Crippen LogP contribution in [0, 0.1) is 0 Å². The molecule has 0 fully saturated rings. The highest BCUT2D eigenvalue weighted by Crippen LogP contribution is 2.05. The van der Waals surface area contributed by atoms with Gasteiger partial charge in [-0.25, -0.2) is 4.79 Å². The molecule has 0 aliphatic rings. The Kier molecular flexibility index (Phi) is 6.02. The van der Waals surface area contributed by atoms with Crippen molar-refractivity contribution in [2.45, 2.75) is 27.2 Å². The van der Waals surface area contributed by atoms with Gasteiger partial charge in [-0.1, -0.05) is 45.0 Å². The van der Waals surface area contributed by atoms with Gasteiger partial charge >= 0.3 is 5.97 Å². The van der Waals surface area contributed by atoms with Crippen molar-refractivity contribution in [2.24, 2.45) is 0 Å². The first-order chi connectivity index (χ1) is 7.15. The van der Waals surface area contributed by atoms with Crippen molar-refractivity contribution in [1.82, 2.24) is 0 Å². The quantitative estimate of drug-likeness (QED) is 0.613. The van der Waals surface area contributed by atoms with Crippen LogP contribution in [-0.4, -0.2) is 16.9 Å². The zero-order chi connectivity index (χ0) is 11.8. The minimum atomic E-state index is -1.41. The van der Waals surface area contributed by atoms with Crippen LogP contribution >= 0.6 is 0 Å². The molecule has 0 atom stereocenters. The second kappa shape index (κ2) is 6.76. The number of hydrogen-bond acceptors (Lipinski definition) is 2. The zero-order valence-corrected chi connectivity index (χ0v) is 9.28. The highest BCUT2D eigenvalue weighted by molar-refractivity contribution is 6.39. The normalized spacial score (nSPS) is 8.73. The van der Waals surface area contributed by atoms with Gasteiger partial charge in [-0.3, -0.25) is 4.79 Å². The maximum absolute atomic E-state index is 10.9. The Morgan fingerprint density at radius 2 is 1.60 bits per heavy atom. The molecule has 0 aliphatic heterocycles. The van der Waals surface area contributed by atoms with Gasteiger partial charge in [-0.2, -0.15) is 0 Å². The van der Waals surface area contributed by atoms with Gasteiger partial charge < -0.3 is 5.11 Å². The first kappa shape index (κ1) is 13.4. The Bertz CT molecular complexity index is 325. The standard InChI is InChI=1S/C10H10O3.C2H6/c1-2-7-3-5-8(6-4-7)9(11)10(12)13;1-2/h3-6H,2H2,1H3,(H,12,13);1-2H3. The van der Waals surface area contributed by atoms with E-state index in [1.807, 2.05) is 20.8 Å². The monoisotopic (exact) mass is 208 g/mol. The molecule has 3 nitrogen and oxygen atoms in total. The summed E-state index contributed by atoms with van der Waals surface area (Å²) < 4.78 is 0. The van der Waals surface area contributed by atoms with Gasteiger partial charge in [0.15, 0.2) is 0 Å². The number of aryl methyl sites for hydroxylation is 1. The van der Waals surface area contributed by atoms with Gasteiger partial charge in [0.2, 0.25) is 0 Å². The van der Waals surface area contributed by atoms with Crippen molar-refractivity contribution in [3.63, 3.8) is 0 Å². The third-order valence-corrected chi connectivity index (χ3v) is 1.82. The highest BCUT2D eigenvalue weighted by atomic mass is 16.4. The number of carbonyl (C=O) groups is 2. The molecule has 0 heterocycles. The lowest BCUT2D eigenvalue weighted by Gasteiger charge is -1.97. The van der Waals surface area contributed by atoms with E-state index in [0.29, 0.717) is 0 Å². The summed E-state index contributed by atoms with van der Waals surface area (Å²) in [5.41, 5.74) is 1.31. The van der Waals surface area contributed by atoms with Crippen LogP contribution < -0.4 is 0 Å². The Hall–Kier alpha value is -1.64. The largest absolute Gasteiger partial charge is 0.475 e. The summed E-state index contributed by atoms with van der Waals surface area (Å²) in [7, 11) is 0. The van der Waals surface area contributed by atoms with Crippen molar-refractivity contribution < 1.29 is 14.7 Å². The lowest BCUT2D eigenvalue weighted by Crippen LogP contribution is -2.12. The molecule has 1 aromatic carbocycles. The molecule has 1 rings (SSSR count). The number of hydrogen-bond donors (Lipinski definition) is 1. The molecule has 82 valence electrons. The zero-order valence-electron chi connectivity index (χ0n) is 9.28. The maximum atomic E-state index is 10.9. The second-order valence-corrected chi connectivity index (χ2v) is 2.68. The van der Waals surface area contributed by atoms with E-state index in [-0.39, 0.29) is 5.56 Å². The lowest BCUT2D eigenvalue weighted by atomic mass is 10.1. The molecule has 0 saturated heterocycles. The third kappa shape index (κ3) is 3.94. The van der Waals surface area contributed by atoms with Gasteiger partial charge in [-0.05, 0) is 12.0 Å². The molecule has 3 heteroatoms. The topological polar surface area (TPSA) is 54.4 Å². The van der Waals surface area contributed by atoms with Gasteiger partial charge in [0.05, 0.1) is 0 Å². The summed E-state index contributed by atoms with van der Waals surface area (Å²) in [5.74, 6) is -2.27. The molecule has 0 saturated carbocycles. The van der Waals surface area contributed by atoms with Crippen LogP contribution in [0.25, 0.3) is 0 Å². The maximum Gasteiger partial charge on any atom is 0.377 e. The van der Waals surface area contributed by atoms with Gasteiger partial charge in [-0.15, -0.1) is 0 Å². The molecule has 0 amide bonds. The molecule has 15 heavy (non-hydrogen) atoms. The first-order valence-electron chi connectivity index (χ1n) is 5.01. The van der Waals surface area contributed by atoms with Crippen LogP contribution in [0.5, 0.6) is 0 Å². The number of carboxylic acids is 1. The molecule has 0 aromatic heterocycles. The molecule has 1 N–H and O–H groups in total. The molecule has 0 radical (unpaired) electrons. The summed E-state index contributed by atoms with van der Waals surface area (Å²) in [6.45, 7) is 5.99. The number of aliphatic carboxylic acids is 1. The molecule has 0 aliphatic carbocycles. The second-order valence-electron chi connectivity index (χ2n) is 2.68. The number of carboxylic acid groups (broad SMARTS) is 1. The van der Waals surface area contributed by atoms with E-state index in [1.54, 1.807) is 12.1 Å². The minimum absolute atomic E-state index is 0.227. The van der Waals surface area contributed by atoms with Crippen LogP contribution in [0.15, 0.2) is 24.3 Å². The SMILES string of the molecule is CC.CCc1ccc(C(=O)C(=O)O)cc1. The summed E-state index contributed by atoms with van der Waals surface area (Å²) in [5, 5.41) is 8.41. The summed E-state index contributed by atoms with van der Waals surface area (Å²) >= 11 is 0. The van der Waals surface area contributed by atoms with E-state index in [2.05, 4.69) is 0 Å². The molecule has 0 spiro atoms. The van der Waals surface area contributed by atoms with Crippen molar-refractivity contribution in [3.8, 4) is 0 Å². The van der Waals surface area contributed by atoms with E-state index >= 15 is 0 Å². The van der Waals surface area contributed by atoms with Crippen molar-refractivity contribution in [3.05, 3.63) is 35.4 Å². The average molecular weight is 208 g/mol. The fraction of sp³-hybridized carbons (Fsp3) is 0.333. The smallest absolute Gasteiger partial charge is 0.377 e. The number of Topliss-reactive ketones (excluding diaryl/α,β-unsaturated/α-hetero) is 1. The first-order valence-corrected chi connectivity index (χ1v) is 5.01. The minimum Gasteiger partial charge on any atom is -0.475 e. The van der Waals surface area contributed by atoms with Crippen molar-refractivity contribution in [1.29, 1.82) is 0 Å². The molecular formula is C12H16O3. The predicted octanol–water partition coefficient (Wildman–Crippen LogP) is 2.54. The Balaban J connectivity index is 0.000000921. The Morgan fingerprint density at radius 1 is 1.13 bits per heavy atom. The third-order valence-electron chi connectivity index (χ3n) is 1.82. The van der Waals surface area contributed by atoms with Crippen LogP contribution in [0.2, 0.25) is 0 Å². The van der Waals surface area contributed by atoms with Crippen molar-refractivity contribution >= 4 is 11.8 Å². The summed E-state index contributed by atoms with van der Waals surface area (Å²) in [6.07, 6.45) is 0.877. The Morgan fingerprint density at radius 3 is 1.93 bits per heavy atom.